The van der Waals surface area contributed by atoms with Gasteiger partial charge in [0.15, 0.2) is 0 Å². The largest absolute Gasteiger partial charge is 0.480 e. The van der Waals surface area contributed by atoms with Crippen molar-refractivity contribution in [2.75, 3.05) is 18.9 Å². The van der Waals surface area contributed by atoms with Crippen molar-refractivity contribution in [2.24, 2.45) is 0 Å². The first-order chi connectivity index (χ1) is 10.1. The molecule has 0 aromatic carbocycles. The van der Waals surface area contributed by atoms with E-state index < -0.39 is 12.0 Å². The van der Waals surface area contributed by atoms with Crippen molar-refractivity contribution in [3.05, 3.63) is 0 Å². The first kappa shape index (κ1) is 16.4. The molecule has 3 atom stereocenters. The topological polar surface area (TPSA) is 78.9 Å². The van der Waals surface area contributed by atoms with Crippen molar-refractivity contribution in [1.29, 1.82) is 0 Å². The highest BCUT2D eigenvalue weighted by molar-refractivity contribution is 8.00. The van der Waals surface area contributed by atoms with E-state index in [0.717, 1.165) is 38.7 Å². The molecule has 0 aromatic heterocycles. The number of aliphatic carboxylic acids is 1. The molecular weight excluding hydrogens is 292 g/mol. The van der Waals surface area contributed by atoms with Crippen LogP contribution in [-0.4, -0.2) is 58.4 Å². The van der Waals surface area contributed by atoms with Gasteiger partial charge in [-0.15, -0.1) is 11.8 Å². The smallest absolute Gasteiger partial charge is 0.327 e. The maximum absolute atomic E-state index is 12.3. The van der Waals surface area contributed by atoms with E-state index in [1.54, 1.807) is 11.8 Å². The summed E-state index contributed by atoms with van der Waals surface area (Å²) in [6.45, 7) is 3.39. The van der Waals surface area contributed by atoms with Crippen LogP contribution in [0.1, 0.15) is 39.0 Å². The molecule has 21 heavy (non-hydrogen) atoms. The Bertz CT molecular complexity index is 374. The first-order valence-corrected chi connectivity index (χ1v) is 8.70. The number of ether oxygens (including phenoxy) is 1. The molecule has 0 aliphatic carbocycles. The maximum Gasteiger partial charge on any atom is 0.327 e. The Kier molecular flexibility index (Phi) is 6.17. The minimum absolute atomic E-state index is 0.0289. The van der Waals surface area contributed by atoms with Crippen molar-refractivity contribution < 1.29 is 19.4 Å². The third-order valence-corrected chi connectivity index (χ3v) is 5.27. The van der Waals surface area contributed by atoms with Gasteiger partial charge in [0.25, 0.3) is 0 Å². The van der Waals surface area contributed by atoms with Gasteiger partial charge in [0.1, 0.15) is 6.04 Å². The van der Waals surface area contributed by atoms with Crippen LogP contribution in [0.4, 0.5) is 4.79 Å². The van der Waals surface area contributed by atoms with E-state index in [1.165, 1.54) is 4.90 Å². The quantitative estimate of drug-likeness (QED) is 0.782. The van der Waals surface area contributed by atoms with Crippen molar-refractivity contribution in [1.82, 2.24) is 10.2 Å². The second-order valence-electron chi connectivity index (χ2n) is 5.49. The van der Waals surface area contributed by atoms with Gasteiger partial charge in [0, 0.05) is 18.9 Å². The van der Waals surface area contributed by atoms with Crippen LogP contribution >= 0.6 is 11.8 Å². The number of carbonyl (C=O) groups is 2. The molecule has 0 radical (unpaired) electrons. The number of carboxylic acids is 1. The van der Waals surface area contributed by atoms with Gasteiger partial charge < -0.3 is 15.2 Å². The zero-order chi connectivity index (χ0) is 15.2. The molecule has 0 aromatic rings. The number of thioether (sulfide) groups is 1. The van der Waals surface area contributed by atoms with Crippen LogP contribution in [0.25, 0.3) is 0 Å². The Morgan fingerprint density at radius 1 is 1.43 bits per heavy atom. The molecule has 2 fully saturated rings. The average Bonchev–Trinajstić information content (AvgIpc) is 3.08. The van der Waals surface area contributed by atoms with E-state index in [0.29, 0.717) is 12.3 Å². The van der Waals surface area contributed by atoms with Crippen LogP contribution in [-0.2, 0) is 9.53 Å². The number of urea groups is 1. The lowest BCUT2D eigenvalue weighted by atomic mass is 10.2. The highest BCUT2D eigenvalue weighted by Crippen LogP contribution is 2.32. The lowest BCUT2D eigenvalue weighted by Gasteiger charge is -2.27. The van der Waals surface area contributed by atoms with Crippen molar-refractivity contribution in [3.8, 4) is 0 Å². The molecule has 2 aliphatic heterocycles. The highest BCUT2D eigenvalue weighted by atomic mass is 32.2. The molecule has 2 saturated heterocycles. The average molecular weight is 316 g/mol. The fourth-order valence-corrected chi connectivity index (χ4v) is 4.31. The normalized spacial score (nSPS) is 28.8. The summed E-state index contributed by atoms with van der Waals surface area (Å²) in [4.78, 5) is 25.1. The molecule has 2 N–H and O–H groups in total. The fraction of sp³-hybridized carbons (Fsp3) is 0.857. The molecule has 2 heterocycles. The lowest BCUT2D eigenvalue weighted by molar-refractivity contribution is -0.141. The molecule has 2 aliphatic rings. The Morgan fingerprint density at radius 3 is 2.86 bits per heavy atom. The number of rotatable bonds is 6. The number of hydrogen-bond donors (Lipinski definition) is 2. The molecule has 2 amide bonds. The molecule has 0 spiro atoms. The molecule has 7 heteroatoms. The zero-order valence-corrected chi connectivity index (χ0v) is 13.2. The zero-order valence-electron chi connectivity index (χ0n) is 12.4. The van der Waals surface area contributed by atoms with Crippen molar-refractivity contribution in [2.45, 2.75) is 56.5 Å². The Labute approximate surface area is 129 Å². The molecular formula is C14H24N2O4S. The first-order valence-electron chi connectivity index (χ1n) is 7.65. The molecule has 2 rings (SSSR count). The maximum atomic E-state index is 12.3. The lowest BCUT2D eigenvalue weighted by Crippen LogP contribution is -2.50. The predicted molar refractivity (Wildman–Crippen MR) is 81.4 cm³/mol. The van der Waals surface area contributed by atoms with Gasteiger partial charge in [-0.1, -0.05) is 13.3 Å². The van der Waals surface area contributed by atoms with Gasteiger partial charge in [-0.2, -0.15) is 0 Å². The number of carbonyl (C=O) groups excluding carboxylic acids is 1. The Balaban J connectivity index is 1.85. The molecule has 6 nitrogen and oxygen atoms in total. The van der Waals surface area contributed by atoms with Crippen LogP contribution in [0.2, 0.25) is 0 Å². The highest BCUT2D eigenvalue weighted by Gasteiger charge is 2.41. The SMILES string of the molecule is CCCC1SCC(C(=O)O)N1C(=O)NCCC1CCCO1. The van der Waals surface area contributed by atoms with Crippen LogP contribution < -0.4 is 5.32 Å². The molecule has 120 valence electrons. The Hall–Kier alpha value is -0.950. The van der Waals surface area contributed by atoms with Gasteiger partial charge >= 0.3 is 12.0 Å². The number of carboxylic acid groups (broad SMARTS) is 1. The summed E-state index contributed by atoms with van der Waals surface area (Å²) in [5, 5.41) is 12.1. The molecule has 0 saturated carbocycles. The minimum atomic E-state index is -0.921. The second kappa shape index (κ2) is 7.89. The summed E-state index contributed by atoms with van der Waals surface area (Å²) in [6.07, 6.45) is 4.92. The van der Waals surface area contributed by atoms with Gasteiger partial charge in [-0.25, -0.2) is 9.59 Å². The van der Waals surface area contributed by atoms with E-state index in [-0.39, 0.29) is 17.5 Å². The predicted octanol–water partition coefficient (Wildman–Crippen LogP) is 1.89. The number of hydrogen-bond acceptors (Lipinski definition) is 4. The molecule has 0 bridgehead atoms. The van der Waals surface area contributed by atoms with Gasteiger partial charge in [-0.3, -0.25) is 4.90 Å². The van der Waals surface area contributed by atoms with Crippen molar-refractivity contribution in [3.63, 3.8) is 0 Å². The summed E-state index contributed by atoms with van der Waals surface area (Å²) in [6, 6.07) is -0.974. The van der Waals surface area contributed by atoms with E-state index in [2.05, 4.69) is 5.32 Å². The van der Waals surface area contributed by atoms with E-state index in [1.807, 2.05) is 6.92 Å². The van der Waals surface area contributed by atoms with E-state index in [4.69, 9.17) is 4.74 Å². The second-order valence-corrected chi connectivity index (χ2v) is 6.70. The number of nitrogens with zero attached hydrogens (tertiary/aromatic N) is 1. The Morgan fingerprint density at radius 2 is 2.24 bits per heavy atom. The summed E-state index contributed by atoms with van der Waals surface area (Å²) in [5.74, 6) is -0.450. The fourth-order valence-electron chi connectivity index (χ4n) is 2.80. The van der Waals surface area contributed by atoms with Crippen molar-refractivity contribution >= 4 is 23.8 Å². The van der Waals surface area contributed by atoms with E-state index in [9.17, 15) is 14.7 Å². The summed E-state index contributed by atoms with van der Waals surface area (Å²) in [5.41, 5.74) is 0. The van der Waals surface area contributed by atoms with Crippen LogP contribution in [0.15, 0.2) is 0 Å². The summed E-state index contributed by atoms with van der Waals surface area (Å²) >= 11 is 1.56. The summed E-state index contributed by atoms with van der Waals surface area (Å²) in [7, 11) is 0. The van der Waals surface area contributed by atoms with Crippen LogP contribution in [0.3, 0.4) is 0 Å². The van der Waals surface area contributed by atoms with Gasteiger partial charge in [0.2, 0.25) is 0 Å². The third kappa shape index (κ3) is 4.26. The van der Waals surface area contributed by atoms with Gasteiger partial charge in [0.05, 0.1) is 11.5 Å². The minimum Gasteiger partial charge on any atom is -0.480 e. The van der Waals surface area contributed by atoms with Crippen LogP contribution in [0, 0.1) is 0 Å². The monoisotopic (exact) mass is 316 g/mol. The number of nitrogens with one attached hydrogen (secondary N) is 1. The summed E-state index contributed by atoms with van der Waals surface area (Å²) < 4.78 is 5.52. The standard InChI is InChI=1S/C14H24N2O4S/c1-2-4-12-16(11(9-21-12)13(17)18)14(19)15-7-6-10-5-3-8-20-10/h10-12H,2-9H2,1H3,(H,15,19)(H,17,18). The number of amides is 2. The van der Waals surface area contributed by atoms with Crippen LogP contribution in [0.5, 0.6) is 0 Å². The third-order valence-electron chi connectivity index (χ3n) is 3.91. The van der Waals surface area contributed by atoms with Gasteiger partial charge in [-0.05, 0) is 25.7 Å². The van der Waals surface area contributed by atoms with E-state index >= 15 is 0 Å². The molecule has 3 unspecified atom stereocenters.